The molecule has 1 aromatic heterocycles. The minimum atomic E-state index is -0.369. The number of nitrogens with one attached hydrogen (secondary N) is 1. The summed E-state index contributed by atoms with van der Waals surface area (Å²) in [4.78, 5) is 15.9. The lowest BCUT2D eigenvalue weighted by molar-refractivity contribution is 0.0950. The summed E-state index contributed by atoms with van der Waals surface area (Å²) in [6.07, 6.45) is 2.17. The highest BCUT2D eigenvalue weighted by atomic mass is 35.5. The molecule has 1 N–H and O–H groups in total. The highest BCUT2D eigenvalue weighted by Crippen LogP contribution is 2.22. The lowest BCUT2D eigenvalue weighted by atomic mass is 10.1. The van der Waals surface area contributed by atoms with Crippen LogP contribution in [-0.2, 0) is 0 Å². The largest absolute Gasteiger partial charge is 0.289 e. The molecule has 0 radical (unpaired) electrons. The maximum atomic E-state index is 11.9. The fourth-order valence-electron chi connectivity index (χ4n) is 1.73. The molecule has 2 rings (SSSR count). The molecule has 0 aliphatic heterocycles. The van der Waals surface area contributed by atoms with Gasteiger partial charge in [0.05, 0.1) is 10.7 Å². The van der Waals surface area contributed by atoms with E-state index in [-0.39, 0.29) is 5.91 Å². The molecule has 21 heavy (non-hydrogen) atoms. The summed E-state index contributed by atoms with van der Waals surface area (Å²) in [5.41, 5.74) is 4.20. The molecule has 1 amide bonds. The van der Waals surface area contributed by atoms with Crippen LogP contribution in [0, 0.1) is 0 Å². The minimum Gasteiger partial charge on any atom is -0.266 e. The van der Waals surface area contributed by atoms with Crippen LogP contribution in [0.3, 0.4) is 0 Å². The van der Waals surface area contributed by atoms with Gasteiger partial charge in [0, 0.05) is 16.8 Å². The molecule has 0 spiro atoms. The number of nitrogens with zero attached hydrogens (tertiary/aromatic N) is 2. The third kappa shape index (κ3) is 4.03. The normalized spacial score (nSPS) is 11.3. The fourth-order valence-corrected chi connectivity index (χ4v) is 2.24. The number of halogens is 2. The summed E-state index contributed by atoms with van der Waals surface area (Å²) < 4.78 is 0. The third-order valence-corrected chi connectivity index (χ3v) is 3.31. The van der Waals surface area contributed by atoms with Crippen molar-refractivity contribution in [3.05, 3.63) is 63.9 Å². The Morgan fingerprint density at radius 3 is 2.71 bits per heavy atom. The van der Waals surface area contributed by atoms with E-state index in [0.717, 1.165) is 5.56 Å². The Morgan fingerprint density at radius 1 is 1.29 bits per heavy atom. The van der Waals surface area contributed by atoms with Crippen LogP contribution in [0.5, 0.6) is 0 Å². The number of pyridine rings is 1. The van der Waals surface area contributed by atoms with Crippen LogP contribution >= 0.6 is 23.2 Å². The summed E-state index contributed by atoms with van der Waals surface area (Å²) in [7, 11) is 0. The van der Waals surface area contributed by atoms with Gasteiger partial charge in [-0.05, 0) is 30.7 Å². The van der Waals surface area contributed by atoms with Crippen LogP contribution in [0.2, 0.25) is 10.0 Å². The first kappa shape index (κ1) is 15.5. The number of amides is 1. The molecule has 1 heterocycles. The Labute approximate surface area is 132 Å². The van der Waals surface area contributed by atoms with Gasteiger partial charge in [0.25, 0.3) is 5.91 Å². The lowest BCUT2D eigenvalue weighted by Gasteiger charge is -2.07. The average Bonchev–Trinajstić information content (AvgIpc) is 2.50. The fraction of sp³-hybridized carbons (Fsp3) is 0.133. The zero-order valence-corrected chi connectivity index (χ0v) is 12.8. The molecule has 4 nitrogen and oxygen atoms in total. The summed E-state index contributed by atoms with van der Waals surface area (Å²) in [5.74, 6) is -0.369. The first-order valence-corrected chi connectivity index (χ1v) is 7.10. The predicted molar refractivity (Wildman–Crippen MR) is 85.0 cm³/mol. The summed E-state index contributed by atoms with van der Waals surface area (Å²) >= 11 is 12.0. The second-order valence-electron chi connectivity index (χ2n) is 4.19. The molecule has 6 heteroatoms. The van der Waals surface area contributed by atoms with E-state index in [4.69, 9.17) is 23.2 Å². The molecule has 0 unspecified atom stereocenters. The zero-order chi connectivity index (χ0) is 15.2. The van der Waals surface area contributed by atoms with Gasteiger partial charge < -0.3 is 0 Å². The van der Waals surface area contributed by atoms with Gasteiger partial charge >= 0.3 is 0 Å². The van der Waals surface area contributed by atoms with Gasteiger partial charge in [-0.15, -0.1) is 0 Å². The van der Waals surface area contributed by atoms with Gasteiger partial charge in [0.1, 0.15) is 5.69 Å². The van der Waals surface area contributed by atoms with Crippen molar-refractivity contribution >= 4 is 34.8 Å². The number of carbonyl (C=O) groups excluding carboxylic acids is 1. The lowest BCUT2D eigenvalue weighted by Crippen LogP contribution is -2.21. The average molecular weight is 322 g/mol. The number of benzene rings is 1. The minimum absolute atomic E-state index is 0.305. The van der Waals surface area contributed by atoms with E-state index in [0.29, 0.717) is 27.9 Å². The predicted octanol–water partition coefficient (Wildman–Crippen LogP) is 3.93. The molecular formula is C15H13Cl2N3O. The smallest absolute Gasteiger partial charge is 0.266 e. The molecule has 0 fully saturated rings. The molecule has 0 saturated carbocycles. The van der Waals surface area contributed by atoms with Gasteiger partial charge in [-0.3, -0.25) is 9.78 Å². The standard InChI is InChI=1S/C15H13Cl2N3O/c1-2-13(11-7-6-10(16)9-12(11)17)19-20-15(21)14-5-3-4-8-18-14/h3-9H,2H2,1H3,(H,20,21)/b19-13-. The maximum absolute atomic E-state index is 11.9. The van der Waals surface area contributed by atoms with Gasteiger partial charge in [0.15, 0.2) is 0 Å². The van der Waals surface area contributed by atoms with E-state index >= 15 is 0 Å². The van der Waals surface area contributed by atoms with E-state index in [1.54, 1.807) is 42.6 Å². The molecule has 0 aliphatic carbocycles. The topological polar surface area (TPSA) is 54.4 Å². The van der Waals surface area contributed by atoms with Gasteiger partial charge in [-0.25, -0.2) is 5.43 Å². The quantitative estimate of drug-likeness (QED) is 0.685. The van der Waals surface area contributed by atoms with Crippen molar-refractivity contribution in [3.8, 4) is 0 Å². The number of aromatic nitrogens is 1. The molecule has 0 bridgehead atoms. The molecule has 0 atom stereocenters. The summed E-state index contributed by atoms with van der Waals surface area (Å²) in [6, 6.07) is 10.2. The Kier molecular flexibility index (Phi) is 5.31. The monoisotopic (exact) mass is 321 g/mol. The summed E-state index contributed by atoms with van der Waals surface area (Å²) in [5, 5.41) is 5.18. The number of hydrazone groups is 1. The third-order valence-electron chi connectivity index (χ3n) is 2.77. The first-order chi connectivity index (χ1) is 10.1. The Balaban J connectivity index is 2.19. The molecule has 2 aromatic rings. The van der Waals surface area contributed by atoms with Gasteiger partial charge in [-0.1, -0.05) is 42.3 Å². The van der Waals surface area contributed by atoms with Crippen LogP contribution in [0.25, 0.3) is 0 Å². The van der Waals surface area contributed by atoms with Gasteiger partial charge in [-0.2, -0.15) is 5.10 Å². The van der Waals surface area contributed by atoms with E-state index in [1.165, 1.54) is 0 Å². The second kappa shape index (κ2) is 7.20. The van der Waals surface area contributed by atoms with Crippen LogP contribution in [0.15, 0.2) is 47.7 Å². The molecular weight excluding hydrogens is 309 g/mol. The van der Waals surface area contributed by atoms with Crippen molar-refractivity contribution in [2.75, 3.05) is 0 Å². The Hall–Kier alpha value is -1.91. The van der Waals surface area contributed by atoms with Crippen LogP contribution < -0.4 is 5.43 Å². The Bertz CT molecular complexity index is 672. The zero-order valence-electron chi connectivity index (χ0n) is 11.3. The van der Waals surface area contributed by atoms with Crippen molar-refractivity contribution < 1.29 is 4.79 Å². The Morgan fingerprint density at radius 2 is 2.10 bits per heavy atom. The maximum Gasteiger partial charge on any atom is 0.289 e. The molecule has 0 aliphatic rings. The van der Waals surface area contributed by atoms with Crippen molar-refractivity contribution in [1.82, 2.24) is 10.4 Å². The van der Waals surface area contributed by atoms with E-state index in [9.17, 15) is 4.79 Å². The summed E-state index contributed by atoms with van der Waals surface area (Å²) in [6.45, 7) is 1.93. The number of rotatable bonds is 4. The van der Waals surface area contributed by atoms with E-state index in [2.05, 4.69) is 15.5 Å². The highest BCUT2D eigenvalue weighted by Gasteiger charge is 2.09. The van der Waals surface area contributed by atoms with Gasteiger partial charge in [0.2, 0.25) is 0 Å². The van der Waals surface area contributed by atoms with Crippen LogP contribution in [0.4, 0.5) is 0 Å². The highest BCUT2D eigenvalue weighted by molar-refractivity contribution is 6.37. The molecule has 1 aromatic carbocycles. The van der Waals surface area contributed by atoms with E-state index in [1.807, 2.05) is 6.92 Å². The van der Waals surface area contributed by atoms with Crippen LogP contribution in [-0.4, -0.2) is 16.6 Å². The number of hydrogen-bond acceptors (Lipinski definition) is 3. The van der Waals surface area contributed by atoms with Crippen molar-refractivity contribution in [3.63, 3.8) is 0 Å². The molecule has 108 valence electrons. The van der Waals surface area contributed by atoms with Crippen molar-refractivity contribution in [2.45, 2.75) is 13.3 Å². The van der Waals surface area contributed by atoms with Crippen LogP contribution in [0.1, 0.15) is 29.4 Å². The first-order valence-electron chi connectivity index (χ1n) is 6.35. The number of hydrogen-bond donors (Lipinski definition) is 1. The second-order valence-corrected chi connectivity index (χ2v) is 5.04. The van der Waals surface area contributed by atoms with E-state index < -0.39 is 0 Å². The number of carbonyl (C=O) groups is 1. The van der Waals surface area contributed by atoms with Crippen molar-refractivity contribution in [1.29, 1.82) is 0 Å². The van der Waals surface area contributed by atoms with Crippen molar-refractivity contribution in [2.24, 2.45) is 5.10 Å². The SMILES string of the molecule is CC/C(=N/NC(=O)c1ccccn1)c1ccc(Cl)cc1Cl. The molecule has 0 saturated heterocycles.